The molecule has 0 saturated heterocycles. The molecule has 1 aromatic rings. The van der Waals surface area contributed by atoms with E-state index in [-0.39, 0.29) is 12.0 Å². The Hall–Kier alpha value is -2.58. The number of pyridine rings is 1. The van der Waals surface area contributed by atoms with E-state index >= 15 is 0 Å². The zero-order valence-corrected chi connectivity index (χ0v) is 14.8. The van der Waals surface area contributed by atoms with Crippen LogP contribution in [-0.2, 0) is 20.8 Å². The van der Waals surface area contributed by atoms with Crippen LogP contribution >= 0.6 is 0 Å². The summed E-state index contributed by atoms with van der Waals surface area (Å²) >= 11 is 0. The second kappa shape index (κ2) is 7.98. The van der Waals surface area contributed by atoms with Gasteiger partial charge in [-0.3, -0.25) is 0 Å². The molecule has 2 aliphatic rings. The largest absolute Gasteiger partial charge is 0.449 e. The molecule has 27 heavy (non-hydrogen) atoms. The Balaban J connectivity index is 1.89. The van der Waals surface area contributed by atoms with Crippen LogP contribution < -0.4 is 5.32 Å². The fraction of sp³-hybridized carbons (Fsp3) is 0.500. The van der Waals surface area contributed by atoms with E-state index in [1.54, 1.807) is 0 Å². The van der Waals surface area contributed by atoms with Crippen molar-refractivity contribution in [3.63, 3.8) is 0 Å². The maximum Gasteiger partial charge on any atom is 0.337 e. The van der Waals surface area contributed by atoms with Crippen molar-refractivity contribution < 1.29 is 27.5 Å². The van der Waals surface area contributed by atoms with E-state index in [0.29, 0.717) is 36.9 Å². The predicted molar refractivity (Wildman–Crippen MR) is 90.7 cm³/mol. The number of halogens is 3. The minimum atomic E-state index is -2.58. The quantitative estimate of drug-likeness (QED) is 0.465. The summed E-state index contributed by atoms with van der Waals surface area (Å²) in [5.41, 5.74) is 1.11. The van der Waals surface area contributed by atoms with Crippen molar-refractivity contribution in [1.29, 1.82) is 0 Å². The second-order valence-corrected chi connectivity index (χ2v) is 6.52. The van der Waals surface area contributed by atoms with Gasteiger partial charge in [0.2, 0.25) is 5.95 Å². The van der Waals surface area contributed by atoms with E-state index in [0.717, 1.165) is 5.71 Å². The Kier molecular flexibility index (Phi) is 5.67. The lowest BCUT2D eigenvalue weighted by molar-refractivity contribution is -0.148. The summed E-state index contributed by atoms with van der Waals surface area (Å²) in [5.74, 6) is -1.19. The summed E-state index contributed by atoms with van der Waals surface area (Å²) < 4.78 is 44.3. The molecule has 1 fully saturated rings. The number of carbonyl (C=O) groups excluding carboxylic acids is 1. The third kappa shape index (κ3) is 4.23. The van der Waals surface area contributed by atoms with Crippen molar-refractivity contribution in [2.75, 3.05) is 13.7 Å². The number of nitrogens with zero attached hydrogens (tertiary/aromatic N) is 2. The number of aromatic nitrogens is 1. The zero-order valence-electron chi connectivity index (χ0n) is 14.8. The van der Waals surface area contributed by atoms with Crippen molar-refractivity contribution in [2.24, 2.45) is 5.16 Å². The third-order valence-corrected chi connectivity index (χ3v) is 4.75. The number of rotatable bonds is 6. The lowest BCUT2D eigenvalue weighted by Gasteiger charge is -2.35. The van der Waals surface area contributed by atoms with E-state index in [4.69, 9.17) is 9.57 Å². The average Bonchev–Trinajstić information content (AvgIpc) is 2.88. The van der Waals surface area contributed by atoms with Crippen molar-refractivity contribution in [2.45, 2.75) is 44.1 Å². The van der Waals surface area contributed by atoms with Crippen LogP contribution in [0.5, 0.6) is 0 Å². The van der Waals surface area contributed by atoms with Crippen molar-refractivity contribution in [1.82, 2.24) is 10.3 Å². The molecule has 1 N–H and O–H groups in total. The fourth-order valence-corrected chi connectivity index (χ4v) is 3.50. The minimum absolute atomic E-state index is 0.123. The molecule has 0 bridgehead atoms. The number of hydrogen-bond acceptors (Lipinski definition) is 6. The number of hydrogen-bond donors (Lipinski definition) is 1. The van der Waals surface area contributed by atoms with Crippen LogP contribution in [0.2, 0.25) is 0 Å². The number of nitrogens with one attached hydrogen (secondary N) is 1. The molecule has 6 nitrogen and oxygen atoms in total. The summed E-state index contributed by atoms with van der Waals surface area (Å²) in [6.07, 6.45) is 0.787. The fourth-order valence-electron chi connectivity index (χ4n) is 3.50. The molecule has 1 aliphatic heterocycles. The smallest absolute Gasteiger partial charge is 0.337 e. The maximum atomic E-state index is 13.0. The summed E-state index contributed by atoms with van der Waals surface area (Å²) in [4.78, 5) is 20.9. The topological polar surface area (TPSA) is 72.8 Å². The van der Waals surface area contributed by atoms with Crippen LogP contribution in [-0.4, -0.2) is 42.3 Å². The molecule has 146 valence electrons. The van der Waals surface area contributed by atoms with E-state index < -0.39 is 30.5 Å². The molecular formula is C18H20F3N3O3. The van der Waals surface area contributed by atoms with Crippen molar-refractivity contribution in [3.8, 4) is 0 Å². The van der Waals surface area contributed by atoms with Gasteiger partial charge in [-0.2, -0.15) is 4.39 Å². The minimum Gasteiger partial charge on any atom is -0.449 e. The lowest BCUT2D eigenvalue weighted by Crippen LogP contribution is -2.42. The number of carbonyl (C=O) groups is 1. The Morgan fingerprint density at radius 3 is 2.70 bits per heavy atom. The predicted octanol–water partition coefficient (Wildman–Crippen LogP) is 2.74. The van der Waals surface area contributed by atoms with Gasteiger partial charge in [0, 0.05) is 12.6 Å². The first kappa shape index (κ1) is 19.2. The summed E-state index contributed by atoms with van der Waals surface area (Å²) in [6.45, 7) is -0.585. The van der Waals surface area contributed by atoms with Crippen LogP contribution in [0.15, 0.2) is 34.8 Å². The first-order valence-electron chi connectivity index (χ1n) is 8.62. The number of oxime groups is 1. The summed E-state index contributed by atoms with van der Waals surface area (Å²) in [5, 5.41) is 6.65. The summed E-state index contributed by atoms with van der Waals surface area (Å²) in [7, 11) is 1.46. The monoisotopic (exact) mass is 383 g/mol. The number of ether oxygens (including phenoxy) is 1. The standard InChI is InChI=1S/C18H20F3N3O3/c1-26-24-12-4-6-18(7-5-12)16(23-10-14(19)20)13(17(25)27-18)8-11-2-3-15(21)22-9-11/h2-3,9,14,23H,4-8,10H2,1H3. The van der Waals surface area contributed by atoms with Crippen LogP contribution in [0, 0.1) is 5.95 Å². The first-order chi connectivity index (χ1) is 12.9. The molecule has 2 heterocycles. The van der Waals surface area contributed by atoms with Gasteiger partial charge in [-0.05, 0) is 37.3 Å². The first-order valence-corrected chi connectivity index (χ1v) is 8.62. The molecular weight excluding hydrogens is 363 g/mol. The molecule has 1 aromatic heterocycles. The van der Waals surface area contributed by atoms with Crippen molar-refractivity contribution in [3.05, 3.63) is 41.1 Å². The zero-order chi connectivity index (χ0) is 19.4. The summed E-state index contributed by atoms with van der Waals surface area (Å²) in [6, 6.07) is 2.69. The maximum absolute atomic E-state index is 13.0. The van der Waals surface area contributed by atoms with Crippen LogP contribution in [0.3, 0.4) is 0 Å². The highest BCUT2D eigenvalue weighted by molar-refractivity contribution is 5.94. The van der Waals surface area contributed by atoms with E-state index in [9.17, 15) is 18.0 Å². The molecule has 1 aliphatic carbocycles. The Labute approximate surface area is 154 Å². The van der Waals surface area contributed by atoms with Gasteiger partial charge in [0.1, 0.15) is 7.11 Å². The van der Waals surface area contributed by atoms with Crippen LogP contribution in [0.25, 0.3) is 0 Å². The molecule has 1 saturated carbocycles. The highest BCUT2D eigenvalue weighted by Crippen LogP contribution is 2.42. The Bertz CT molecular complexity index is 753. The van der Waals surface area contributed by atoms with Gasteiger partial charge in [0.05, 0.1) is 23.5 Å². The van der Waals surface area contributed by atoms with Crippen LogP contribution in [0.4, 0.5) is 13.2 Å². The molecule has 0 aromatic carbocycles. The molecule has 0 unspecified atom stereocenters. The number of alkyl halides is 2. The molecule has 9 heteroatoms. The molecule has 0 atom stereocenters. The van der Waals surface area contributed by atoms with E-state index in [1.807, 2.05) is 0 Å². The molecule has 3 rings (SSSR count). The molecule has 0 radical (unpaired) electrons. The van der Waals surface area contributed by atoms with Gasteiger partial charge in [-0.15, -0.1) is 0 Å². The normalized spacial score (nSPS) is 22.4. The Morgan fingerprint density at radius 1 is 1.37 bits per heavy atom. The van der Waals surface area contributed by atoms with Gasteiger partial charge in [-0.25, -0.2) is 18.6 Å². The van der Waals surface area contributed by atoms with E-state index in [1.165, 1.54) is 25.4 Å². The SMILES string of the molecule is CON=C1CCC2(CC1)OC(=O)C(Cc1ccc(F)nc1)=C2NCC(F)F. The Morgan fingerprint density at radius 2 is 2.11 bits per heavy atom. The highest BCUT2D eigenvalue weighted by Gasteiger charge is 2.49. The van der Waals surface area contributed by atoms with Gasteiger partial charge in [0.15, 0.2) is 5.60 Å². The highest BCUT2D eigenvalue weighted by atomic mass is 19.3. The van der Waals surface area contributed by atoms with Crippen molar-refractivity contribution >= 4 is 11.7 Å². The van der Waals surface area contributed by atoms with Crippen LogP contribution in [0.1, 0.15) is 31.2 Å². The molecule has 0 amide bonds. The number of esters is 1. The van der Waals surface area contributed by atoms with Gasteiger partial charge >= 0.3 is 5.97 Å². The molecule has 1 spiro atoms. The average molecular weight is 383 g/mol. The lowest BCUT2D eigenvalue weighted by atomic mass is 9.80. The van der Waals surface area contributed by atoms with Gasteiger partial charge in [0.25, 0.3) is 6.43 Å². The third-order valence-electron chi connectivity index (χ3n) is 4.75. The van der Waals surface area contributed by atoms with E-state index in [2.05, 4.69) is 15.5 Å². The van der Waals surface area contributed by atoms with Gasteiger partial charge < -0.3 is 14.9 Å². The second-order valence-electron chi connectivity index (χ2n) is 6.52. The van der Waals surface area contributed by atoms with Gasteiger partial charge in [-0.1, -0.05) is 11.2 Å².